The summed E-state index contributed by atoms with van der Waals surface area (Å²) < 4.78 is 45.3. The second-order valence-corrected chi connectivity index (χ2v) is 10.8. The van der Waals surface area contributed by atoms with Crippen LogP contribution in [0.5, 0.6) is 0 Å². The number of benzene rings is 2. The van der Waals surface area contributed by atoms with E-state index in [1.165, 1.54) is 13.3 Å². The van der Waals surface area contributed by atoms with E-state index in [1.54, 1.807) is 42.5 Å². The zero-order valence-corrected chi connectivity index (χ0v) is 19.8. The molecule has 0 spiro atoms. The first-order valence-electron chi connectivity index (χ1n) is 10.3. The topological polar surface area (TPSA) is 83.8 Å². The molecule has 3 aromatic rings. The van der Waals surface area contributed by atoms with Crippen molar-refractivity contribution in [3.05, 3.63) is 59.8 Å². The molecule has 0 N–H and O–H groups in total. The maximum absolute atomic E-state index is 13.5. The second kappa shape index (κ2) is 7.47. The lowest BCUT2D eigenvalue weighted by Gasteiger charge is -2.32. The van der Waals surface area contributed by atoms with E-state index in [0.717, 1.165) is 9.54 Å². The van der Waals surface area contributed by atoms with Crippen molar-refractivity contribution in [2.75, 3.05) is 7.11 Å². The van der Waals surface area contributed by atoms with Gasteiger partial charge in [0.2, 0.25) is 0 Å². The van der Waals surface area contributed by atoms with Gasteiger partial charge >= 0.3 is 13.1 Å². The summed E-state index contributed by atoms with van der Waals surface area (Å²) in [7, 11) is -3.42. The maximum Gasteiger partial charge on any atom is 0.495 e. The van der Waals surface area contributed by atoms with Gasteiger partial charge in [-0.15, -0.1) is 0 Å². The number of hydrogen-bond acceptors (Lipinski definition) is 6. The largest absolute Gasteiger partial charge is 0.495 e. The fraction of sp³-hybridized carbons (Fsp3) is 0.348. The number of carbonyl (C=O) groups is 1. The lowest BCUT2D eigenvalue weighted by Crippen LogP contribution is -2.41. The number of fused-ring (bicyclic) bond motifs is 1. The van der Waals surface area contributed by atoms with Gasteiger partial charge in [-0.2, -0.15) is 0 Å². The Morgan fingerprint density at radius 2 is 1.56 bits per heavy atom. The zero-order valence-electron chi connectivity index (χ0n) is 19.0. The molecule has 1 aliphatic heterocycles. The number of hydrogen-bond donors (Lipinski definition) is 0. The number of esters is 1. The molecule has 1 fully saturated rings. The van der Waals surface area contributed by atoms with Crippen molar-refractivity contribution in [2.24, 2.45) is 0 Å². The van der Waals surface area contributed by atoms with Crippen LogP contribution in [0.4, 0.5) is 0 Å². The van der Waals surface area contributed by atoms with E-state index in [1.807, 2.05) is 34.6 Å². The molecule has 0 amide bonds. The van der Waals surface area contributed by atoms with Gasteiger partial charge < -0.3 is 14.0 Å². The van der Waals surface area contributed by atoms with Crippen molar-refractivity contribution in [1.82, 2.24) is 3.97 Å². The third-order valence-electron chi connectivity index (χ3n) is 6.34. The van der Waals surface area contributed by atoms with E-state index in [0.29, 0.717) is 10.8 Å². The quantitative estimate of drug-likeness (QED) is 0.444. The van der Waals surface area contributed by atoms with Gasteiger partial charge in [-0.1, -0.05) is 23.8 Å². The van der Waals surface area contributed by atoms with Crippen molar-refractivity contribution in [1.29, 1.82) is 0 Å². The third-order valence-corrected chi connectivity index (χ3v) is 8.03. The van der Waals surface area contributed by atoms with Gasteiger partial charge in [0.25, 0.3) is 10.0 Å². The predicted octanol–water partition coefficient (Wildman–Crippen LogP) is 3.27. The molecule has 0 aliphatic carbocycles. The summed E-state index contributed by atoms with van der Waals surface area (Å²) in [6, 6.07) is 11.5. The molecule has 4 rings (SSSR count). The standard InChI is InChI=1S/C23H26BNO6S/c1-15-7-9-16(10-8-15)32(27,28)25-14-13-17-19(12-11-18(20(17)25)21(26)29-6)24-30-22(2,3)23(4,5)31-24/h7-14H,1-6H3. The third kappa shape index (κ3) is 3.45. The lowest BCUT2D eigenvalue weighted by atomic mass is 9.76. The SMILES string of the molecule is COC(=O)c1ccc(B2OC(C)(C)C(C)(C)O2)c2ccn(S(=O)(=O)c3ccc(C)cc3)c12. The first kappa shape index (κ1) is 22.6. The molecular formula is C23H26BNO6S. The Hall–Kier alpha value is -2.62. The van der Waals surface area contributed by atoms with E-state index >= 15 is 0 Å². The van der Waals surface area contributed by atoms with Crippen molar-refractivity contribution < 1.29 is 27.3 Å². The van der Waals surface area contributed by atoms with E-state index in [-0.39, 0.29) is 16.0 Å². The first-order valence-corrected chi connectivity index (χ1v) is 11.7. The Labute approximate surface area is 188 Å². The first-order chi connectivity index (χ1) is 14.9. The van der Waals surface area contributed by atoms with Gasteiger partial charge in [-0.25, -0.2) is 17.2 Å². The number of carbonyl (C=O) groups excluding carboxylic acids is 1. The number of aromatic nitrogens is 1. The van der Waals surface area contributed by atoms with Crippen LogP contribution in [0.15, 0.2) is 53.6 Å². The Bertz CT molecular complexity index is 1290. The molecule has 0 bridgehead atoms. The van der Waals surface area contributed by atoms with Crippen LogP contribution in [-0.4, -0.2) is 43.8 Å². The van der Waals surface area contributed by atoms with Crippen LogP contribution in [-0.2, 0) is 24.1 Å². The molecule has 0 atom stereocenters. The minimum Gasteiger partial charge on any atom is -0.465 e. The summed E-state index contributed by atoms with van der Waals surface area (Å²) in [5.41, 5.74) is 0.820. The maximum atomic E-state index is 13.5. The van der Waals surface area contributed by atoms with E-state index in [4.69, 9.17) is 14.0 Å². The molecule has 0 unspecified atom stereocenters. The molecule has 1 saturated heterocycles. The summed E-state index contributed by atoms with van der Waals surface area (Å²) in [4.78, 5) is 12.7. The molecule has 168 valence electrons. The monoisotopic (exact) mass is 455 g/mol. The molecule has 0 radical (unpaired) electrons. The summed E-state index contributed by atoms with van der Waals surface area (Å²) in [6.45, 7) is 9.66. The van der Waals surface area contributed by atoms with Gasteiger partial charge in [0, 0.05) is 11.6 Å². The number of ether oxygens (including phenoxy) is 1. The van der Waals surface area contributed by atoms with E-state index in [2.05, 4.69) is 0 Å². The van der Waals surface area contributed by atoms with Gasteiger partial charge in [0.1, 0.15) is 0 Å². The molecule has 1 aromatic heterocycles. The minimum atomic E-state index is -3.96. The van der Waals surface area contributed by atoms with Crippen molar-refractivity contribution in [3.63, 3.8) is 0 Å². The van der Waals surface area contributed by atoms with Crippen LogP contribution >= 0.6 is 0 Å². The van der Waals surface area contributed by atoms with E-state index < -0.39 is 34.3 Å². The average Bonchev–Trinajstić information content (AvgIpc) is 3.26. The second-order valence-electron chi connectivity index (χ2n) is 8.97. The molecule has 7 nitrogen and oxygen atoms in total. The van der Waals surface area contributed by atoms with Crippen LogP contribution in [0.25, 0.3) is 10.9 Å². The number of nitrogens with zero attached hydrogens (tertiary/aromatic N) is 1. The van der Waals surface area contributed by atoms with Crippen LogP contribution in [0.3, 0.4) is 0 Å². The number of aryl methyl sites for hydroxylation is 1. The molecule has 1 aliphatic rings. The van der Waals surface area contributed by atoms with Gasteiger partial charge in [0.05, 0.1) is 34.3 Å². The highest BCUT2D eigenvalue weighted by Crippen LogP contribution is 2.37. The Balaban J connectivity index is 1.94. The summed E-state index contributed by atoms with van der Waals surface area (Å²) in [5.74, 6) is -0.630. The van der Waals surface area contributed by atoms with Crippen LogP contribution in [0.1, 0.15) is 43.6 Å². The van der Waals surface area contributed by atoms with E-state index in [9.17, 15) is 13.2 Å². The van der Waals surface area contributed by atoms with Crippen LogP contribution in [0, 0.1) is 6.92 Å². The lowest BCUT2D eigenvalue weighted by molar-refractivity contribution is 0.00578. The van der Waals surface area contributed by atoms with Gasteiger partial charge in [-0.3, -0.25) is 0 Å². The predicted molar refractivity (Wildman–Crippen MR) is 123 cm³/mol. The van der Waals surface area contributed by atoms with Crippen LogP contribution < -0.4 is 5.46 Å². The Kier molecular flexibility index (Phi) is 5.27. The molecule has 2 aromatic carbocycles. The van der Waals surface area contributed by atoms with Gasteiger partial charge in [-0.05, 0) is 64.3 Å². The molecular weight excluding hydrogens is 429 g/mol. The average molecular weight is 455 g/mol. The van der Waals surface area contributed by atoms with Gasteiger partial charge in [0.15, 0.2) is 0 Å². The number of methoxy groups -OCH3 is 1. The normalized spacial score (nSPS) is 17.6. The minimum absolute atomic E-state index is 0.123. The summed E-state index contributed by atoms with van der Waals surface area (Å²) in [5, 5.41) is 0.544. The fourth-order valence-corrected chi connectivity index (χ4v) is 5.09. The highest BCUT2D eigenvalue weighted by atomic mass is 32.2. The smallest absolute Gasteiger partial charge is 0.465 e. The molecule has 0 saturated carbocycles. The molecule has 9 heteroatoms. The molecule has 2 heterocycles. The van der Waals surface area contributed by atoms with Crippen molar-refractivity contribution in [3.8, 4) is 0 Å². The summed E-state index contributed by atoms with van der Waals surface area (Å²) >= 11 is 0. The Morgan fingerprint density at radius 3 is 2.12 bits per heavy atom. The molecule has 32 heavy (non-hydrogen) atoms. The highest BCUT2D eigenvalue weighted by Gasteiger charge is 2.52. The van der Waals surface area contributed by atoms with Crippen LogP contribution in [0.2, 0.25) is 0 Å². The van der Waals surface area contributed by atoms with Crippen molar-refractivity contribution in [2.45, 2.75) is 50.7 Å². The fourth-order valence-electron chi connectivity index (χ4n) is 3.73. The highest BCUT2D eigenvalue weighted by molar-refractivity contribution is 7.90. The Morgan fingerprint density at radius 1 is 0.969 bits per heavy atom. The van der Waals surface area contributed by atoms with Crippen molar-refractivity contribution >= 4 is 39.5 Å². The summed E-state index contributed by atoms with van der Waals surface area (Å²) in [6.07, 6.45) is 1.45. The zero-order chi connectivity index (χ0) is 23.5. The number of rotatable bonds is 4.